The zero-order valence-corrected chi connectivity index (χ0v) is 9.39. The van der Waals surface area contributed by atoms with Crippen LogP contribution in [0.15, 0.2) is 24.3 Å². The molecule has 0 N–H and O–H groups in total. The normalized spacial score (nSPS) is 9.17. The second-order valence-corrected chi connectivity index (χ2v) is 4.49. The maximum atomic E-state index is 5.79. The lowest BCUT2D eigenvalue weighted by atomic mass is 10.2. The highest BCUT2D eigenvalue weighted by molar-refractivity contribution is 6.93. The van der Waals surface area contributed by atoms with Gasteiger partial charge in [-0.2, -0.15) is 0 Å². The van der Waals surface area contributed by atoms with Crippen LogP contribution in [0.1, 0.15) is 12.5 Å². The van der Waals surface area contributed by atoms with Gasteiger partial charge in [-0.3, -0.25) is 0 Å². The summed E-state index contributed by atoms with van der Waals surface area (Å²) in [5.74, 6) is 0.994. The van der Waals surface area contributed by atoms with Gasteiger partial charge in [0.05, 0.1) is 6.61 Å². The predicted octanol–water partition coefficient (Wildman–Crippen LogP) is 2.44. The van der Waals surface area contributed by atoms with Gasteiger partial charge in [0.15, 0.2) is 0 Å². The summed E-state index contributed by atoms with van der Waals surface area (Å²) >= 11 is -0.430. The molecule has 0 aliphatic heterocycles. The van der Waals surface area contributed by atoms with Crippen molar-refractivity contribution in [3.05, 3.63) is 29.8 Å². The van der Waals surface area contributed by atoms with Crippen molar-refractivity contribution in [2.45, 2.75) is 11.5 Å². The van der Waals surface area contributed by atoms with Crippen LogP contribution in [0, 0.1) is 0 Å². The van der Waals surface area contributed by atoms with E-state index in [-0.39, 0.29) is 0 Å². The van der Waals surface area contributed by atoms with Crippen molar-refractivity contribution in [2.75, 3.05) is 6.61 Å². The molecule has 1 nitrogen and oxygen atoms in total. The molecule has 0 fully saturated rings. The number of halogens is 1. The van der Waals surface area contributed by atoms with E-state index >= 15 is 0 Å². The van der Waals surface area contributed by atoms with Crippen LogP contribution >= 0.6 is 9.07 Å². The average molecular weight is 195 g/mol. The van der Waals surface area contributed by atoms with Crippen LogP contribution < -0.4 is 4.74 Å². The summed E-state index contributed by atoms with van der Waals surface area (Å²) < 4.78 is 6.46. The molecule has 0 bridgehead atoms. The highest BCUT2D eigenvalue weighted by Gasteiger charge is 2.01. The number of ether oxygens (including phenoxy) is 1. The van der Waals surface area contributed by atoms with E-state index in [1.165, 1.54) is 5.56 Å². The molecule has 0 unspecified atom stereocenters. The molecule has 0 radical (unpaired) electrons. The Bertz CT molecular complexity index is 215. The first kappa shape index (κ1) is 10.2. The van der Waals surface area contributed by atoms with Gasteiger partial charge in [-0.1, -0.05) is 22.7 Å². The Hall–Kier alpha value is 0.0762. The van der Waals surface area contributed by atoms with E-state index in [2.05, 4.69) is 6.07 Å². The van der Waals surface area contributed by atoms with Crippen LogP contribution in [-0.4, -0.2) is 25.9 Å². The molecule has 3 heteroatoms. The maximum absolute atomic E-state index is 5.79. The van der Waals surface area contributed by atoms with Crippen LogP contribution in [0.25, 0.3) is 0 Å². The number of rotatable bonds is 4. The van der Waals surface area contributed by atoms with E-state index < -0.39 is 19.3 Å². The largest absolute Gasteiger partial charge is 0.505 e. The topological polar surface area (TPSA) is 9.23 Å². The SMILES string of the molecule is CCOc1ccccc1[CH2][Mg][Cl]. The van der Waals surface area contributed by atoms with Gasteiger partial charge in [0.2, 0.25) is 0 Å². The molecule has 0 heterocycles. The van der Waals surface area contributed by atoms with Gasteiger partial charge in [-0.15, -0.1) is 0 Å². The first-order chi connectivity index (χ1) is 5.88. The Balaban J connectivity index is 2.77. The molecule has 62 valence electrons. The van der Waals surface area contributed by atoms with E-state index in [1.807, 2.05) is 25.1 Å². The van der Waals surface area contributed by atoms with Gasteiger partial charge in [0.25, 0.3) is 0 Å². The number of hydrogen-bond acceptors (Lipinski definition) is 1. The van der Waals surface area contributed by atoms with Crippen LogP contribution in [-0.2, 0) is 4.55 Å². The van der Waals surface area contributed by atoms with Crippen molar-refractivity contribution in [1.29, 1.82) is 0 Å². The molecule has 0 aliphatic carbocycles. The van der Waals surface area contributed by atoms with Crippen molar-refractivity contribution >= 4 is 28.3 Å². The van der Waals surface area contributed by atoms with Crippen molar-refractivity contribution in [1.82, 2.24) is 0 Å². The second-order valence-electron chi connectivity index (χ2n) is 2.48. The van der Waals surface area contributed by atoms with Gasteiger partial charge in [0.1, 0.15) is 5.75 Å². The standard InChI is InChI=1S/C9H11O.ClH.Mg/c1-3-10-9-7-5-4-6-8(9)2;;/h4-7H,2-3H2,1H3;1H;/q;;+1/p-1. The minimum absolute atomic E-state index is 0.430. The summed E-state index contributed by atoms with van der Waals surface area (Å²) in [6.45, 7) is 2.72. The van der Waals surface area contributed by atoms with Gasteiger partial charge in [-0.05, 0) is 18.6 Å². The molecule has 0 amide bonds. The first-order valence-corrected chi connectivity index (χ1v) is 7.29. The Kier molecular flexibility index (Phi) is 4.80. The van der Waals surface area contributed by atoms with Crippen molar-refractivity contribution in [2.24, 2.45) is 0 Å². The van der Waals surface area contributed by atoms with Gasteiger partial charge in [-0.25, -0.2) is 0 Å². The number of para-hydroxylation sites is 1. The summed E-state index contributed by atoms with van der Waals surface area (Å²) in [5.41, 5.74) is 1.25. The van der Waals surface area contributed by atoms with E-state index in [0.717, 1.165) is 16.9 Å². The molecule has 1 rings (SSSR count). The predicted molar refractivity (Wildman–Crippen MR) is 52.9 cm³/mol. The second kappa shape index (κ2) is 5.68. The number of benzene rings is 1. The number of hydrogen-bond donors (Lipinski definition) is 0. The molecule has 1 aromatic carbocycles. The fourth-order valence-electron chi connectivity index (χ4n) is 1.11. The van der Waals surface area contributed by atoms with E-state index in [1.54, 1.807) is 0 Å². The molecule has 0 saturated carbocycles. The Morgan fingerprint density at radius 1 is 1.42 bits per heavy atom. The lowest BCUT2D eigenvalue weighted by Crippen LogP contribution is -1.97. The summed E-state index contributed by atoms with van der Waals surface area (Å²) in [4.78, 5) is 0. The molecule has 0 spiro atoms. The molecule has 0 aromatic heterocycles. The summed E-state index contributed by atoms with van der Waals surface area (Å²) in [6, 6.07) is 8.10. The van der Waals surface area contributed by atoms with Gasteiger partial charge in [0, 0.05) is 0 Å². The van der Waals surface area contributed by atoms with E-state index in [9.17, 15) is 0 Å². The third kappa shape index (κ3) is 2.85. The fraction of sp³-hybridized carbons (Fsp3) is 0.333. The summed E-state index contributed by atoms with van der Waals surface area (Å²) in [7, 11) is 5.79. The van der Waals surface area contributed by atoms with Crippen LogP contribution in [0.3, 0.4) is 0 Å². The molecule has 12 heavy (non-hydrogen) atoms. The van der Waals surface area contributed by atoms with Crippen LogP contribution in [0.2, 0.25) is 0 Å². The van der Waals surface area contributed by atoms with Crippen molar-refractivity contribution in [3.63, 3.8) is 0 Å². The Morgan fingerprint density at radius 2 is 2.17 bits per heavy atom. The lowest BCUT2D eigenvalue weighted by Gasteiger charge is -2.07. The molecule has 0 saturated heterocycles. The summed E-state index contributed by atoms with van der Waals surface area (Å²) in [6.07, 6.45) is 0. The quantitative estimate of drug-likeness (QED) is 0.670. The third-order valence-electron chi connectivity index (χ3n) is 1.64. The third-order valence-corrected chi connectivity index (χ3v) is 2.93. The lowest BCUT2D eigenvalue weighted by molar-refractivity contribution is 0.337. The fourth-order valence-corrected chi connectivity index (χ4v) is 2.34. The van der Waals surface area contributed by atoms with Crippen molar-refractivity contribution in [3.8, 4) is 5.75 Å². The first-order valence-electron chi connectivity index (χ1n) is 4.15. The zero-order valence-electron chi connectivity index (χ0n) is 7.22. The van der Waals surface area contributed by atoms with Crippen molar-refractivity contribution < 1.29 is 4.74 Å². The van der Waals surface area contributed by atoms with E-state index in [4.69, 9.17) is 13.8 Å². The molecule has 0 atom stereocenters. The molecular weight excluding hydrogens is 184 g/mol. The van der Waals surface area contributed by atoms with Crippen LogP contribution in [0.5, 0.6) is 5.75 Å². The Morgan fingerprint density at radius 3 is 2.83 bits per heavy atom. The molecule has 1 aromatic rings. The Labute approximate surface area is 86.6 Å². The smallest absolute Gasteiger partial charge is 0.494 e. The minimum Gasteiger partial charge on any atom is -0.494 e. The zero-order chi connectivity index (χ0) is 8.81. The highest BCUT2D eigenvalue weighted by atomic mass is 35.5. The molecular formula is C9H11ClMgO. The van der Waals surface area contributed by atoms with Gasteiger partial charge < -0.3 is 13.8 Å². The average Bonchev–Trinajstić information content (AvgIpc) is 2.09. The van der Waals surface area contributed by atoms with Gasteiger partial charge >= 0.3 is 19.3 Å². The maximum Gasteiger partial charge on any atom is 0.505 e. The molecule has 0 aliphatic rings. The summed E-state index contributed by atoms with van der Waals surface area (Å²) in [5, 5.41) is 0. The monoisotopic (exact) mass is 194 g/mol. The highest BCUT2D eigenvalue weighted by Crippen LogP contribution is 2.17. The van der Waals surface area contributed by atoms with Crippen LogP contribution in [0.4, 0.5) is 0 Å². The minimum atomic E-state index is -0.430. The van der Waals surface area contributed by atoms with E-state index in [0.29, 0.717) is 0 Å².